The maximum Gasteiger partial charge on any atom is 0.264 e. The van der Waals surface area contributed by atoms with E-state index in [1.165, 1.54) is 12.1 Å². The van der Waals surface area contributed by atoms with Gasteiger partial charge in [0.1, 0.15) is 5.82 Å². The zero-order valence-electron chi connectivity index (χ0n) is 10.9. The van der Waals surface area contributed by atoms with Gasteiger partial charge in [0.25, 0.3) is 10.1 Å². The molecule has 0 spiro atoms. The zero-order chi connectivity index (χ0) is 13.9. The Bertz CT molecular complexity index is 521. The predicted octanol–water partition coefficient (Wildman–Crippen LogP) is 1.42. The molecule has 4 nitrogen and oxygen atoms in total. The molecule has 1 fully saturated rings. The monoisotopic (exact) mass is 287 g/mol. The predicted molar refractivity (Wildman–Crippen MR) is 71.0 cm³/mol. The van der Waals surface area contributed by atoms with Gasteiger partial charge in [-0.25, -0.2) is 4.39 Å². The van der Waals surface area contributed by atoms with Crippen LogP contribution in [0.5, 0.6) is 0 Å². The molecule has 1 aromatic carbocycles. The molecule has 1 heterocycles. The van der Waals surface area contributed by atoms with Crippen LogP contribution in [0.3, 0.4) is 0 Å². The van der Waals surface area contributed by atoms with E-state index in [4.69, 9.17) is 4.18 Å². The fourth-order valence-electron chi connectivity index (χ4n) is 2.54. The molecule has 0 radical (unpaired) electrons. The van der Waals surface area contributed by atoms with E-state index in [9.17, 15) is 12.8 Å². The summed E-state index contributed by atoms with van der Waals surface area (Å²) in [7, 11) is -3.41. The standard InChI is InChI=1S/C13H18FNO3S/c1-19(16,17)18-9-7-13(6-8-15-10-13)11-2-4-12(14)5-3-11/h2-5,15H,6-10H2,1H3. The molecule has 1 atom stereocenters. The maximum atomic E-state index is 13.0. The van der Waals surface area contributed by atoms with Crippen LogP contribution in [0, 0.1) is 5.82 Å². The van der Waals surface area contributed by atoms with E-state index in [1.54, 1.807) is 12.1 Å². The minimum Gasteiger partial charge on any atom is -0.316 e. The SMILES string of the molecule is CS(=O)(=O)OCCC1(c2ccc(F)cc2)CCNC1. The van der Waals surface area contributed by atoms with Crippen LogP contribution in [0.1, 0.15) is 18.4 Å². The first-order valence-electron chi connectivity index (χ1n) is 6.23. The van der Waals surface area contributed by atoms with E-state index in [0.717, 1.165) is 31.3 Å². The van der Waals surface area contributed by atoms with Gasteiger partial charge in [0.2, 0.25) is 0 Å². The van der Waals surface area contributed by atoms with E-state index in [-0.39, 0.29) is 17.8 Å². The Kier molecular flexibility index (Phi) is 4.23. The topological polar surface area (TPSA) is 55.4 Å². The summed E-state index contributed by atoms with van der Waals surface area (Å²) in [6, 6.07) is 6.41. The van der Waals surface area contributed by atoms with Crippen molar-refractivity contribution >= 4 is 10.1 Å². The summed E-state index contributed by atoms with van der Waals surface area (Å²) in [5.41, 5.74) is 0.856. The Morgan fingerprint density at radius 2 is 2.05 bits per heavy atom. The van der Waals surface area contributed by atoms with E-state index in [0.29, 0.717) is 6.42 Å². The first-order chi connectivity index (χ1) is 8.91. The van der Waals surface area contributed by atoms with Gasteiger partial charge in [-0.3, -0.25) is 4.18 Å². The fourth-order valence-corrected chi connectivity index (χ4v) is 2.93. The first kappa shape index (κ1) is 14.4. The average Bonchev–Trinajstić information content (AvgIpc) is 2.78. The summed E-state index contributed by atoms with van der Waals surface area (Å²) >= 11 is 0. The summed E-state index contributed by atoms with van der Waals surface area (Å²) in [4.78, 5) is 0. The fraction of sp³-hybridized carbons (Fsp3) is 0.538. The van der Waals surface area contributed by atoms with E-state index >= 15 is 0 Å². The van der Waals surface area contributed by atoms with Gasteiger partial charge < -0.3 is 5.32 Å². The lowest BCUT2D eigenvalue weighted by atomic mass is 9.77. The van der Waals surface area contributed by atoms with Crippen molar-refractivity contribution < 1.29 is 17.0 Å². The molecule has 1 saturated heterocycles. The lowest BCUT2D eigenvalue weighted by Gasteiger charge is -2.28. The highest BCUT2D eigenvalue weighted by Gasteiger charge is 2.35. The number of rotatable bonds is 5. The molecule has 0 bridgehead atoms. The van der Waals surface area contributed by atoms with Gasteiger partial charge in [-0.1, -0.05) is 12.1 Å². The molecular weight excluding hydrogens is 269 g/mol. The number of benzene rings is 1. The third-order valence-electron chi connectivity index (χ3n) is 3.58. The molecule has 0 aliphatic carbocycles. The lowest BCUT2D eigenvalue weighted by Crippen LogP contribution is -2.31. The molecule has 0 saturated carbocycles. The summed E-state index contributed by atoms with van der Waals surface area (Å²) in [5.74, 6) is -0.266. The van der Waals surface area contributed by atoms with Gasteiger partial charge in [0, 0.05) is 12.0 Å². The Morgan fingerprint density at radius 1 is 1.37 bits per heavy atom. The average molecular weight is 287 g/mol. The quantitative estimate of drug-likeness (QED) is 0.832. The number of nitrogens with one attached hydrogen (secondary N) is 1. The molecule has 106 valence electrons. The molecule has 1 aliphatic heterocycles. The Hall–Kier alpha value is -0.980. The summed E-state index contributed by atoms with van der Waals surface area (Å²) in [6.45, 7) is 1.78. The van der Waals surface area contributed by atoms with Gasteiger partial charge in [-0.05, 0) is 37.1 Å². The van der Waals surface area contributed by atoms with Gasteiger partial charge in [-0.15, -0.1) is 0 Å². The number of hydrogen-bond donors (Lipinski definition) is 1. The van der Waals surface area contributed by atoms with Crippen LogP contribution in [0.4, 0.5) is 4.39 Å². The van der Waals surface area contributed by atoms with Crippen molar-refractivity contribution in [3.63, 3.8) is 0 Å². The second-order valence-corrected chi connectivity index (χ2v) is 6.63. The lowest BCUT2D eigenvalue weighted by molar-refractivity contribution is 0.269. The molecule has 0 amide bonds. The minimum absolute atomic E-state index is 0.151. The second kappa shape index (κ2) is 5.56. The molecule has 2 rings (SSSR count). The van der Waals surface area contributed by atoms with Crippen LogP contribution in [0.15, 0.2) is 24.3 Å². The van der Waals surface area contributed by atoms with Gasteiger partial charge >= 0.3 is 0 Å². The van der Waals surface area contributed by atoms with Gasteiger partial charge in [0.15, 0.2) is 0 Å². The van der Waals surface area contributed by atoms with Crippen LogP contribution >= 0.6 is 0 Å². The molecule has 1 N–H and O–H groups in total. The first-order valence-corrected chi connectivity index (χ1v) is 8.04. The van der Waals surface area contributed by atoms with Crippen LogP contribution in [-0.2, 0) is 19.7 Å². The van der Waals surface area contributed by atoms with Crippen LogP contribution < -0.4 is 5.32 Å². The Morgan fingerprint density at radius 3 is 2.58 bits per heavy atom. The minimum atomic E-state index is -3.41. The third-order valence-corrected chi connectivity index (χ3v) is 4.17. The molecule has 1 unspecified atom stereocenters. The maximum absolute atomic E-state index is 13.0. The Labute approximate surface area is 113 Å². The Balaban J connectivity index is 2.12. The molecule has 6 heteroatoms. The smallest absolute Gasteiger partial charge is 0.264 e. The van der Waals surface area contributed by atoms with Crippen molar-refractivity contribution in [1.82, 2.24) is 5.32 Å². The summed E-state index contributed by atoms with van der Waals surface area (Å²) in [5, 5.41) is 3.28. The van der Waals surface area contributed by atoms with E-state index in [1.807, 2.05) is 0 Å². The normalized spacial score (nSPS) is 23.7. The third kappa shape index (κ3) is 3.75. The molecular formula is C13H18FNO3S. The molecule has 1 aliphatic rings. The highest BCUT2D eigenvalue weighted by molar-refractivity contribution is 7.85. The van der Waals surface area contributed by atoms with Crippen molar-refractivity contribution in [2.45, 2.75) is 18.3 Å². The van der Waals surface area contributed by atoms with Crippen molar-refractivity contribution in [1.29, 1.82) is 0 Å². The molecule has 19 heavy (non-hydrogen) atoms. The number of hydrogen-bond acceptors (Lipinski definition) is 4. The van der Waals surface area contributed by atoms with Crippen LogP contribution in [-0.4, -0.2) is 34.4 Å². The second-order valence-electron chi connectivity index (χ2n) is 4.99. The van der Waals surface area contributed by atoms with Gasteiger partial charge in [-0.2, -0.15) is 8.42 Å². The van der Waals surface area contributed by atoms with Crippen molar-refractivity contribution in [2.75, 3.05) is 26.0 Å². The van der Waals surface area contributed by atoms with E-state index in [2.05, 4.69) is 5.32 Å². The highest BCUT2D eigenvalue weighted by atomic mass is 32.2. The van der Waals surface area contributed by atoms with E-state index < -0.39 is 10.1 Å². The van der Waals surface area contributed by atoms with Crippen molar-refractivity contribution in [3.8, 4) is 0 Å². The van der Waals surface area contributed by atoms with Crippen LogP contribution in [0.2, 0.25) is 0 Å². The zero-order valence-corrected chi connectivity index (χ0v) is 11.7. The van der Waals surface area contributed by atoms with Crippen LogP contribution in [0.25, 0.3) is 0 Å². The summed E-state index contributed by atoms with van der Waals surface area (Å²) < 4.78 is 39.8. The largest absolute Gasteiger partial charge is 0.316 e. The van der Waals surface area contributed by atoms with Gasteiger partial charge in [0.05, 0.1) is 12.9 Å². The number of halogens is 1. The van der Waals surface area contributed by atoms with Crippen molar-refractivity contribution in [3.05, 3.63) is 35.6 Å². The van der Waals surface area contributed by atoms with Crippen molar-refractivity contribution in [2.24, 2.45) is 0 Å². The molecule has 1 aromatic rings. The highest BCUT2D eigenvalue weighted by Crippen LogP contribution is 2.34. The molecule has 0 aromatic heterocycles. The summed E-state index contributed by atoms with van der Waals surface area (Å²) in [6.07, 6.45) is 2.54.